The molecule has 6 heteroatoms. The van der Waals surface area contributed by atoms with Gasteiger partial charge in [-0.05, 0) is 35.4 Å². The van der Waals surface area contributed by atoms with E-state index in [0.717, 1.165) is 11.1 Å². The summed E-state index contributed by atoms with van der Waals surface area (Å²) in [6, 6.07) is 13.4. The number of cyclic esters (lactones) is 2. The van der Waals surface area contributed by atoms with Crippen molar-refractivity contribution in [3.8, 4) is 11.1 Å². The van der Waals surface area contributed by atoms with Crippen molar-refractivity contribution in [1.82, 2.24) is 0 Å². The van der Waals surface area contributed by atoms with E-state index in [2.05, 4.69) is 5.32 Å². The summed E-state index contributed by atoms with van der Waals surface area (Å²) < 4.78 is 23.1. The summed E-state index contributed by atoms with van der Waals surface area (Å²) in [6.45, 7) is 2.97. The van der Waals surface area contributed by atoms with Crippen LogP contribution in [0.15, 0.2) is 60.3 Å². The van der Waals surface area contributed by atoms with Gasteiger partial charge in [-0.2, -0.15) is 0 Å². The van der Waals surface area contributed by atoms with E-state index in [-0.39, 0.29) is 11.4 Å². The van der Waals surface area contributed by atoms with Crippen molar-refractivity contribution in [2.24, 2.45) is 0 Å². The fourth-order valence-corrected chi connectivity index (χ4v) is 2.36. The minimum absolute atomic E-state index is 0.216. The van der Waals surface area contributed by atoms with E-state index in [4.69, 9.17) is 9.47 Å². The molecular formula is C19H16FNO4. The Hall–Kier alpha value is -3.15. The van der Waals surface area contributed by atoms with E-state index in [0.29, 0.717) is 5.69 Å². The molecule has 1 fully saturated rings. The Morgan fingerprint density at radius 2 is 1.60 bits per heavy atom. The van der Waals surface area contributed by atoms with Crippen LogP contribution < -0.4 is 5.32 Å². The van der Waals surface area contributed by atoms with Crippen molar-refractivity contribution >= 4 is 17.6 Å². The van der Waals surface area contributed by atoms with Gasteiger partial charge in [0.25, 0.3) is 5.79 Å². The summed E-state index contributed by atoms with van der Waals surface area (Å²) in [5.41, 5.74) is 2.14. The lowest BCUT2D eigenvalue weighted by atomic mass is 10.1. The van der Waals surface area contributed by atoms with Crippen LogP contribution >= 0.6 is 0 Å². The van der Waals surface area contributed by atoms with E-state index in [9.17, 15) is 14.0 Å². The number of halogens is 1. The molecule has 2 aromatic carbocycles. The van der Waals surface area contributed by atoms with Crippen molar-refractivity contribution in [2.45, 2.75) is 19.6 Å². The lowest BCUT2D eigenvalue weighted by Gasteiger charge is -2.29. The average molecular weight is 341 g/mol. The molecule has 1 N–H and O–H groups in total. The summed E-state index contributed by atoms with van der Waals surface area (Å²) >= 11 is 0. The first-order valence-corrected chi connectivity index (χ1v) is 7.63. The van der Waals surface area contributed by atoms with Gasteiger partial charge in [-0.3, -0.25) is 0 Å². The number of esters is 2. The lowest BCUT2D eigenvalue weighted by Crippen LogP contribution is -2.42. The second-order valence-corrected chi connectivity index (χ2v) is 5.97. The largest absolute Gasteiger partial charge is 0.419 e. The second kappa shape index (κ2) is 6.39. The van der Waals surface area contributed by atoms with Gasteiger partial charge >= 0.3 is 11.9 Å². The average Bonchev–Trinajstić information content (AvgIpc) is 2.54. The van der Waals surface area contributed by atoms with Gasteiger partial charge in [0.2, 0.25) is 0 Å². The normalized spacial score (nSPS) is 16.0. The number of nitrogens with one attached hydrogen (secondary N) is 1. The van der Waals surface area contributed by atoms with E-state index in [1.807, 2.05) is 12.1 Å². The predicted octanol–water partition coefficient (Wildman–Crippen LogP) is 3.62. The molecule has 3 rings (SSSR count). The van der Waals surface area contributed by atoms with E-state index < -0.39 is 17.7 Å². The Kier molecular flexibility index (Phi) is 4.27. The molecule has 0 amide bonds. The molecule has 1 aliphatic rings. The predicted molar refractivity (Wildman–Crippen MR) is 89.8 cm³/mol. The van der Waals surface area contributed by atoms with Crippen LogP contribution in [-0.2, 0) is 19.1 Å². The SMILES string of the molecule is CC1(C)OC(=O)C(=CNc2cccc(-c3ccc(F)cc3)c2)C(=O)O1. The van der Waals surface area contributed by atoms with Gasteiger partial charge in [-0.1, -0.05) is 24.3 Å². The number of carbonyl (C=O) groups excluding carboxylic acids is 2. The maximum Gasteiger partial charge on any atom is 0.350 e. The monoisotopic (exact) mass is 341 g/mol. The molecular weight excluding hydrogens is 325 g/mol. The van der Waals surface area contributed by atoms with Crippen LogP contribution in [0, 0.1) is 5.82 Å². The minimum atomic E-state index is -1.27. The third kappa shape index (κ3) is 3.85. The third-order valence-corrected chi connectivity index (χ3v) is 3.54. The molecule has 5 nitrogen and oxygen atoms in total. The van der Waals surface area contributed by atoms with Crippen molar-refractivity contribution in [2.75, 3.05) is 5.32 Å². The van der Waals surface area contributed by atoms with Crippen LogP contribution in [0.1, 0.15) is 13.8 Å². The summed E-state index contributed by atoms with van der Waals surface area (Å²) in [5, 5.41) is 2.89. The second-order valence-electron chi connectivity index (χ2n) is 5.97. The van der Waals surface area contributed by atoms with Crippen molar-refractivity contribution in [3.63, 3.8) is 0 Å². The highest BCUT2D eigenvalue weighted by Gasteiger charge is 2.38. The zero-order valence-corrected chi connectivity index (χ0v) is 13.7. The number of carbonyl (C=O) groups is 2. The third-order valence-electron chi connectivity index (χ3n) is 3.54. The number of benzene rings is 2. The topological polar surface area (TPSA) is 64.6 Å². The molecule has 0 bridgehead atoms. The number of ether oxygens (including phenoxy) is 2. The Balaban J connectivity index is 1.80. The van der Waals surface area contributed by atoms with E-state index in [1.165, 1.54) is 32.2 Å². The van der Waals surface area contributed by atoms with Crippen LogP contribution in [0.3, 0.4) is 0 Å². The molecule has 0 aromatic heterocycles. The smallest absolute Gasteiger partial charge is 0.350 e. The van der Waals surface area contributed by atoms with Gasteiger partial charge in [-0.15, -0.1) is 0 Å². The van der Waals surface area contributed by atoms with Crippen LogP contribution in [0.25, 0.3) is 11.1 Å². The van der Waals surface area contributed by atoms with Gasteiger partial charge in [0, 0.05) is 25.7 Å². The van der Waals surface area contributed by atoms with Gasteiger partial charge in [0.05, 0.1) is 0 Å². The number of hydrogen-bond acceptors (Lipinski definition) is 5. The standard InChI is InChI=1S/C19H16FNO4/c1-19(2)24-17(22)16(18(23)25-19)11-21-15-5-3-4-13(10-15)12-6-8-14(20)9-7-12/h3-11,21H,1-2H3. The summed E-state index contributed by atoms with van der Waals surface area (Å²) in [7, 11) is 0. The van der Waals surface area contributed by atoms with Crippen LogP contribution in [0.5, 0.6) is 0 Å². The summed E-state index contributed by atoms with van der Waals surface area (Å²) in [5.74, 6) is -3.07. The highest BCUT2D eigenvalue weighted by atomic mass is 19.1. The zero-order valence-electron chi connectivity index (χ0n) is 13.7. The maximum atomic E-state index is 13.0. The van der Waals surface area contributed by atoms with Crippen LogP contribution in [0.4, 0.5) is 10.1 Å². The summed E-state index contributed by atoms with van der Waals surface area (Å²) in [6.07, 6.45) is 1.25. The Morgan fingerprint density at radius 3 is 2.24 bits per heavy atom. The minimum Gasteiger partial charge on any atom is -0.419 e. The molecule has 0 spiro atoms. The van der Waals surface area contributed by atoms with Gasteiger partial charge < -0.3 is 14.8 Å². The first kappa shape index (κ1) is 16.7. The Bertz CT molecular complexity index is 834. The molecule has 1 saturated heterocycles. The number of hydrogen-bond donors (Lipinski definition) is 1. The number of anilines is 1. The molecule has 0 radical (unpaired) electrons. The van der Waals surface area contributed by atoms with Crippen molar-refractivity contribution in [1.29, 1.82) is 0 Å². The molecule has 128 valence electrons. The molecule has 0 atom stereocenters. The number of rotatable bonds is 3. The van der Waals surface area contributed by atoms with Crippen molar-refractivity contribution in [3.05, 3.63) is 66.1 Å². The van der Waals surface area contributed by atoms with Gasteiger partial charge in [0.15, 0.2) is 5.57 Å². The van der Waals surface area contributed by atoms with Gasteiger partial charge in [0.1, 0.15) is 5.82 Å². The Morgan fingerprint density at radius 1 is 0.960 bits per heavy atom. The first-order valence-electron chi connectivity index (χ1n) is 7.63. The molecule has 0 aliphatic carbocycles. The fraction of sp³-hybridized carbons (Fsp3) is 0.158. The summed E-state index contributed by atoms with van der Waals surface area (Å²) in [4.78, 5) is 23.8. The van der Waals surface area contributed by atoms with Crippen molar-refractivity contribution < 1.29 is 23.5 Å². The molecule has 2 aromatic rings. The van der Waals surface area contributed by atoms with E-state index in [1.54, 1.807) is 24.3 Å². The quantitative estimate of drug-likeness (QED) is 0.525. The highest BCUT2D eigenvalue weighted by Crippen LogP contribution is 2.25. The van der Waals surface area contributed by atoms with E-state index >= 15 is 0 Å². The molecule has 1 aliphatic heterocycles. The zero-order chi connectivity index (χ0) is 18.0. The first-order chi connectivity index (χ1) is 11.8. The van der Waals surface area contributed by atoms with Gasteiger partial charge in [-0.25, -0.2) is 14.0 Å². The molecule has 0 unspecified atom stereocenters. The fourth-order valence-electron chi connectivity index (χ4n) is 2.36. The lowest BCUT2D eigenvalue weighted by molar-refractivity contribution is -0.222. The maximum absolute atomic E-state index is 13.0. The molecule has 1 heterocycles. The van der Waals surface area contributed by atoms with Crippen LogP contribution in [0.2, 0.25) is 0 Å². The molecule has 0 saturated carbocycles. The molecule has 25 heavy (non-hydrogen) atoms. The highest BCUT2D eigenvalue weighted by molar-refractivity contribution is 6.15. The Labute approximate surface area is 144 Å². The van der Waals surface area contributed by atoms with Crippen LogP contribution in [-0.4, -0.2) is 17.7 Å².